The molecule has 2 aliphatic heterocycles. The van der Waals surface area contributed by atoms with E-state index in [1.807, 2.05) is 11.8 Å². The monoisotopic (exact) mass is 382 g/mol. The molecule has 2 aromatic heterocycles. The summed E-state index contributed by atoms with van der Waals surface area (Å²) >= 11 is 7.41. The van der Waals surface area contributed by atoms with Crippen LogP contribution in [-0.4, -0.2) is 52.3 Å². The number of aryl methyl sites for hydroxylation is 1. The van der Waals surface area contributed by atoms with Crippen molar-refractivity contribution < 1.29 is 13.9 Å². The number of carbonyl (C=O) groups excluding carboxylic acids is 1. The van der Waals surface area contributed by atoms with Crippen molar-refractivity contribution in [1.29, 1.82) is 0 Å². The predicted molar refractivity (Wildman–Crippen MR) is 94.0 cm³/mol. The average Bonchev–Trinajstić information content (AvgIpc) is 2.85. The standard InChI is InChI=1S/C16H16ClFN4O2S/c1-2-25-16-20-13-11-10(19-14(17)12(13)18)4-3-8-6-24-7-9(23)5-22(8)15(11)21-16/h8H,2-7H2,1H3. The van der Waals surface area contributed by atoms with E-state index in [4.69, 9.17) is 16.3 Å². The molecule has 1 atom stereocenters. The van der Waals surface area contributed by atoms with Gasteiger partial charge in [-0.25, -0.2) is 19.3 Å². The van der Waals surface area contributed by atoms with E-state index >= 15 is 0 Å². The number of hydrogen-bond donors (Lipinski definition) is 0. The van der Waals surface area contributed by atoms with Crippen molar-refractivity contribution >= 4 is 45.9 Å². The Balaban J connectivity index is 2.00. The van der Waals surface area contributed by atoms with Gasteiger partial charge in [-0.15, -0.1) is 0 Å². The molecule has 0 bridgehead atoms. The van der Waals surface area contributed by atoms with E-state index in [1.54, 1.807) is 0 Å². The predicted octanol–water partition coefficient (Wildman–Crippen LogP) is 2.65. The highest BCUT2D eigenvalue weighted by Gasteiger charge is 2.33. The fourth-order valence-corrected chi connectivity index (χ4v) is 4.07. The zero-order valence-corrected chi connectivity index (χ0v) is 15.2. The van der Waals surface area contributed by atoms with E-state index in [1.165, 1.54) is 11.8 Å². The minimum Gasteiger partial charge on any atom is -0.371 e. The third-order valence-electron chi connectivity index (χ3n) is 4.40. The molecular weight excluding hydrogens is 367 g/mol. The van der Waals surface area contributed by atoms with Gasteiger partial charge in [0.15, 0.2) is 21.9 Å². The van der Waals surface area contributed by atoms with Gasteiger partial charge in [0.1, 0.15) is 17.9 Å². The van der Waals surface area contributed by atoms with Crippen molar-refractivity contribution in [1.82, 2.24) is 15.0 Å². The molecule has 1 saturated heterocycles. The van der Waals surface area contributed by atoms with E-state index in [0.29, 0.717) is 35.1 Å². The van der Waals surface area contributed by atoms with Gasteiger partial charge in [0, 0.05) is 0 Å². The second kappa shape index (κ2) is 6.66. The topological polar surface area (TPSA) is 68.2 Å². The third-order valence-corrected chi connectivity index (χ3v) is 5.38. The maximum Gasteiger partial charge on any atom is 0.190 e. The average molecular weight is 383 g/mol. The van der Waals surface area contributed by atoms with E-state index in [-0.39, 0.29) is 35.6 Å². The summed E-state index contributed by atoms with van der Waals surface area (Å²) in [7, 11) is 0. The van der Waals surface area contributed by atoms with E-state index < -0.39 is 5.82 Å². The van der Waals surface area contributed by atoms with Gasteiger partial charge < -0.3 is 9.64 Å². The number of anilines is 1. The fourth-order valence-electron chi connectivity index (χ4n) is 3.31. The Hall–Kier alpha value is -1.51. The maximum atomic E-state index is 14.6. The Kier molecular flexibility index (Phi) is 4.51. The lowest BCUT2D eigenvalue weighted by atomic mass is 10.1. The highest BCUT2D eigenvalue weighted by Crippen LogP contribution is 2.37. The van der Waals surface area contributed by atoms with Crippen LogP contribution in [0, 0.1) is 5.82 Å². The lowest BCUT2D eigenvalue weighted by Gasteiger charge is -2.28. The number of ketones is 1. The first-order valence-electron chi connectivity index (χ1n) is 8.13. The van der Waals surface area contributed by atoms with Crippen LogP contribution in [0.5, 0.6) is 0 Å². The van der Waals surface area contributed by atoms with Gasteiger partial charge in [-0.2, -0.15) is 0 Å². The van der Waals surface area contributed by atoms with Gasteiger partial charge in [0.25, 0.3) is 0 Å². The number of thioether (sulfide) groups is 1. The number of fused-ring (bicyclic) bond motifs is 2. The molecule has 9 heteroatoms. The Labute approximate surface area is 153 Å². The molecule has 2 aliphatic rings. The van der Waals surface area contributed by atoms with Crippen LogP contribution in [-0.2, 0) is 16.0 Å². The molecule has 0 aromatic carbocycles. The summed E-state index contributed by atoms with van der Waals surface area (Å²) < 4.78 is 20.1. The molecule has 0 amide bonds. The summed E-state index contributed by atoms with van der Waals surface area (Å²) in [5.74, 6) is 0.645. The zero-order chi connectivity index (χ0) is 17.6. The number of nitrogens with zero attached hydrogens (tertiary/aromatic N) is 4. The molecule has 1 unspecified atom stereocenters. The number of rotatable bonds is 2. The van der Waals surface area contributed by atoms with Crippen molar-refractivity contribution in [2.45, 2.75) is 31.0 Å². The summed E-state index contributed by atoms with van der Waals surface area (Å²) in [6, 6.07) is -0.0138. The molecular formula is C16H16ClFN4O2S. The molecule has 2 aromatic rings. The van der Waals surface area contributed by atoms with Crippen LogP contribution in [0.2, 0.25) is 5.15 Å². The van der Waals surface area contributed by atoms with Gasteiger partial charge in [-0.05, 0) is 18.6 Å². The Morgan fingerprint density at radius 3 is 3.04 bits per heavy atom. The number of ether oxygens (including phenoxy) is 1. The zero-order valence-electron chi connectivity index (χ0n) is 13.6. The minimum absolute atomic E-state index is 0.0138. The largest absolute Gasteiger partial charge is 0.371 e. The molecule has 132 valence electrons. The van der Waals surface area contributed by atoms with Crippen LogP contribution in [0.4, 0.5) is 10.2 Å². The van der Waals surface area contributed by atoms with Crippen LogP contribution >= 0.6 is 23.4 Å². The van der Waals surface area contributed by atoms with Crippen molar-refractivity contribution in [2.24, 2.45) is 0 Å². The van der Waals surface area contributed by atoms with Crippen LogP contribution in [0.25, 0.3) is 10.9 Å². The highest BCUT2D eigenvalue weighted by molar-refractivity contribution is 7.99. The molecule has 6 nitrogen and oxygen atoms in total. The first-order valence-corrected chi connectivity index (χ1v) is 9.49. The number of hydrogen-bond acceptors (Lipinski definition) is 7. The first-order chi connectivity index (χ1) is 12.1. The summed E-state index contributed by atoms with van der Waals surface area (Å²) in [5.41, 5.74) is 0.846. The molecule has 0 N–H and O–H groups in total. The molecule has 0 saturated carbocycles. The molecule has 0 aliphatic carbocycles. The SMILES string of the molecule is CCSc1nc2c3c(nc(Cl)c(F)c3n1)CCC1COCC(=O)CN21. The Morgan fingerprint density at radius 2 is 2.24 bits per heavy atom. The van der Waals surface area contributed by atoms with Crippen molar-refractivity contribution in [2.75, 3.05) is 30.4 Å². The minimum atomic E-state index is -0.641. The molecule has 4 heterocycles. The lowest BCUT2D eigenvalue weighted by molar-refractivity contribution is -0.121. The second-order valence-electron chi connectivity index (χ2n) is 6.02. The van der Waals surface area contributed by atoms with Crippen LogP contribution in [0.3, 0.4) is 0 Å². The Morgan fingerprint density at radius 1 is 1.40 bits per heavy atom. The number of aromatic nitrogens is 3. The van der Waals surface area contributed by atoms with Crippen LogP contribution < -0.4 is 4.90 Å². The normalized spacial score (nSPS) is 20.4. The number of pyridine rings is 1. The van der Waals surface area contributed by atoms with Crippen molar-refractivity contribution in [3.05, 3.63) is 16.7 Å². The number of carbonyl (C=O) groups is 1. The smallest absolute Gasteiger partial charge is 0.190 e. The van der Waals surface area contributed by atoms with Crippen molar-refractivity contribution in [3.63, 3.8) is 0 Å². The fraction of sp³-hybridized carbons (Fsp3) is 0.500. The highest BCUT2D eigenvalue weighted by atomic mass is 35.5. The molecule has 4 rings (SSSR count). The van der Waals surface area contributed by atoms with E-state index in [2.05, 4.69) is 15.0 Å². The van der Waals surface area contributed by atoms with Gasteiger partial charge in [0.05, 0.1) is 30.3 Å². The Bertz CT molecular complexity index is 866. The van der Waals surface area contributed by atoms with Crippen LogP contribution in [0.15, 0.2) is 5.16 Å². The maximum absolute atomic E-state index is 14.6. The van der Waals surface area contributed by atoms with E-state index in [0.717, 1.165) is 12.2 Å². The lowest BCUT2D eigenvalue weighted by Crippen LogP contribution is -2.39. The van der Waals surface area contributed by atoms with Gasteiger partial charge in [-0.1, -0.05) is 30.3 Å². The third kappa shape index (κ3) is 2.96. The van der Waals surface area contributed by atoms with Gasteiger partial charge in [-0.3, -0.25) is 4.79 Å². The first kappa shape index (κ1) is 16.9. The molecule has 25 heavy (non-hydrogen) atoms. The summed E-state index contributed by atoms with van der Waals surface area (Å²) in [5, 5.41) is 0.846. The van der Waals surface area contributed by atoms with Crippen LogP contribution in [0.1, 0.15) is 19.0 Å². The molecule has 1 fully saturated rings. The van der Waals surface area contributed by atoms with E-state index in [9.17, 15) is 9.18 Å². The second-order valence-corrected chi connectivity index (χ2v) is 7.61. The summed E-state index contributed by atoms with van der Waals surface area (Å²) in [6.45, 7) is 2.69. The summed E-state index contributed by atoms with van der Waals surface area (Å²) in [4.78, 5) is 27.2. The quantitative estimate of drug-likeness (QED) is 0.449. The molecule has 0 radical (unpaired) electrons. The summed E-state index contributed by atoms with van der Waals surface area (Å²) in [6.07, 6.45) is 1.33. The van der Waals surface area contributed by atoms with Crippen molar-refractivity contribution in [3.8, 4) is 0 Å². The van der Waals surface area contributed by atoms with Gasteiger partial charge >= 0.3 is 0 Å². The number of Topliss-reactive ketones (excluding diaryl/α,β-unsaturated/α-hetero) is 1. The number of halogens is 2. The molecule has 0 spiro atoms. The van der Waals surface area contributed by atoms with Gasteiger partial charge in [0.2, 0.25) is 0 Å².